The number of aliphatic hydroxyl groups excluding tert-OH is 1. The van der Waals surface area contributed by atoms with Crippen molar-refractivity contribution in [3.05, 3.63) is 54.1 Å². The van der Waals surface area contributed by atoms with Crippen molar-refractivity contribution in [2.75, 3.05) is 0 Å². The molecule has 0 aliphatic carbocycles. The van der Waals surface area contributed by atoms with E-state index in [2.05, 4.69) is 20.6 Å². The topological polar surface area (TPSA) is 170 Å². The summed E-state index contributed by atoms with van der Waals surface area (Å²) in [6.45, 7) is 1.25. The van der Waals surface area contributed by atoms with Gasteiger partial charge in [0, 0.05) is 24.7 Å². The molecule has 0 aliphatic heterocycles. The number of imidazole rings is 1. The van der Waals surface area contributed by atoms with E-state index in [0.29, 0.717) is 5.69 Å². The maximum atomic E-state index is 12.7. The number of carbonyl (C=O) groups excluding carboxylic acids is 2. The molecule has 0 saturated heterocycles. The van der Waals surface area contributed by atoms with Crippen LogP contribution in [0.5, 0.6) is 0 Å². The Morgan fingerprint density at radius 1 is 1.14 bits per heavy atom. The molecule has 1 aromatic carbocycles. The zero-order valence-corrected chi connectivity index (χ0v) is 15.9. The van der Waals surface area contributed by atoms with Crippen LogP contribution in [0.3, 0.4) is 0 Å². The summed E-state index contributed by atoms with van der Waals surface area (Å²) < 4.78 is 0. The molecule has 2 rings (SSSR count). The summed E-state index contributed by atoms with van der Waals surface area (Å²) in [4.78, 5) is 43.2. The van der Waals surface area contributed by atoms with Gasteiger partial charge < -0.3 is 31.6 Å². The van der Waals surface area contributed by atoms with Crippen molar-refractivity contribution in [1.29, 1.82) is 0 Å². The SMILES string of the molecule is C[C@@H](O)[C@H](NC(=O)[C@H](Cc1ccccc1)NC(=O)[C@@H](N)Cc1cnc[nH]1)C(=O)O. The van der Waals surface area contributed by atoms with Gasteiger partial charge in [0.25, 0.3) is 0 Å². The predicted octanol–water partition coefficient (Wildman–Crippen LogP) is -1.04. The highest BCUT2D eigenvalue weighted by atomic mass is 16.4. The number of H-pyrrole nitrogens is 1. The molecule has 0 bridgehead atoms. The van der Waals surface area contributed by atoms with Crippen LogP contribution in [-0.2, 0) is 27.2 Å². The van der Waals surface area contributed by atoms with Crippen molar-refractivity contribution in [3.63, 3.8) is 0 Å². The van der Waals surface area contributed by atoms with E-state index in [1.165, 1.54) is 13.3 Å². The van der Waals surface area contributed by atoms with Crippen molar-refractivity contribution in [2.24, 2.45) is 5.73 Å². The molecule has 156 valence electrons. The molecule has 1 heterocycles. The molecule has 2 aromatic rings. The van der Waals surface area contributed by atoms with Gasteiger partial charge in [-0.25, -0.2) is 9.78 Å². The molecule has 0 radical (unpaired) electrons. The van der Waals surface area contributed by atoms with Gasteiger partial charge in [-0.2, -0.15) is 0 Å². The standard InChI is InChI=1S/C19H25N5O5/c1-11(25)16(19(28)29)24-18(27)15(7-12-5-3-2-4-6-12)23-17(26)14(20)8-13-9-21-10-22-13/h2-6,9-11,14-16,25H,7-8,20H2,1H3,(H,21,22)(H,23,26)(H,24,27)(H,28,29)/t11-,14+,15+,16+/m1/s1. The second kappa shape index (κ2) is 10.3. The third-order valence-electron chi connectivity index (χ3n) is 4.29. The Morgan fingerprint density at radius 3 is 2.38 bits per heavy atom. The molecule has 7 N–H and O–H groups in total. The number of aliphatic hydroxyl groups is 1. The van der Waals surface area contributed by atoms with E-state index in [-0.39, 0.29) is 12.8 Å². The van der Waals surface area contributed by atoms with Gasteiger partial charge in [-0.15, -0.1) is 0 Å². The minimum absolute atomic E-state index is 0.126. The van der Waals surface area contributed by atoms with Crippen LogP contribution in [0, 0.1) is 0 Å². The lowest BCUT2D eigenvalue weighted by Gasteiger charge is -2.24. The molecular weight excluding hydrogens is 378 g/mol. The Labute approximate surface area is 167 Å². The predicted molar refractivity (Wildman–Crippen MR) is 104 cm³/mol. The van der Waals surface area contributed by atoms with E-state index in [0.717, 1.165) is 5.56 Å². The molecule has 10 nitrogen and oxygen atoms in total. The van der Waals surface area contributed by atoms with Gasteiger partial charge in [-0.3, -0.25) is 9.59 Å². The smallest absolute Gasteiger partial charge is 0.328 e. The molecule has 4 atom stereocenters. The highest BCUT2D eigenvalue weighted by molar-refractivity contribution is 5.92. The van der Waals surface area contributed by atoms with Gasteiger partial charge in [-0.05, 0) is 12.5 Å². The van der Waals surface area contributed by atoms with Gasteiger partial charge in [0.2, 0.25) is 11.8 Å². The van der Waals surface area contributed by atoms with E-state index in [4.69, 9.17) is 5.73 Å². The van der Waals surface area contributed by atoms with Gasteiger partial charge >= 0.3 is 5.97 Å². The molecule has 10 heteroatoms. The third-order valence-corrected chi connectivity index (χ3v) is 4.29. The summed E-state index contributed by atoms with van der Waals surface area (Å²) in [5.41, 5.74) is 7.35. The molecule has 0 saturated carbocycles. The normalized spacial score (nSPS) is 15.0. The quantitative estimate of drug-likeness (QED) is 0.294. The Morgan fingerprint density at radius 2 is 1.83 bits per heavy atom. The zero-order valence-electron chi connectivity index (χ0n) is 15.9. The number of nitrogens with two attached hydrogens (primary N) is 1. The van der Waals surface area contributed by atoms with E-state index in [1.54, 1.807) is 30.5 Å². The number of hydrogen-bond donors (Lipinski definition) is 6. The van der Waals surface area contributed by atoms with Crippen LogP contribution in [0.1, 0.15) is 18.2 Å². The first-order valence-electron chi connectivity index (χ1n) is 9.06. The summed E-state index contributed by atoms with van der Waals surface area (Å²) in [5, 5.41) is 23.6. The zero-order chi connectivity index (χ0) is 21.4. The third kappa shape index (κ3) is 6.70. The Kier molecular flexibility index (Phi) is 7.87. The van der Waals surface area contributed by atoms with Crippen molar-refractivity contribution >= 4 is 17.8 Å². The molecule has 0 spiro atoms. The number of amides is 2. The number of nitrogens with zero attached hydrogens (tertiary/aromatic N) is 1. The molecular formula is C19H25N5O5. The summed E-state index contributed by atoms with van der Waals surface area (Å²) in [6, 6.07) is 5.42. The number of carboxylic acid groups (broad SMARTS) is 1. The van der Waals surface area contributed by atoms with Crippen molar-refractivity contribution < 1.29 is 24.6 Å². The lowest BCUT2D eigenvalue weighted by molar-refractivity contribution is -0.145. The maximum Gasteiger partial charge on any atom is 0.328 e. The average Bonchev–Trinajstić information content (AvgIpc) is 3.18. The Hall–Kier alpha value is -3.24. The number of nitrogens with one attached hydrogen (secondary N) is 3. The number of carbonyl (C=O) groups is 3. The van der Waals surface area contributed by atoms with Crippen LogP contribution in [0.25, 0.3) is 0 Å². The minimum atomic E-state index is -1.50. The largest absolute Gasteiger partial charge is 0.480 e. The van der Waals surface area contributed by atoms with Crippen LogP contribution >= 0.6 is 0 Å². The highest BCUT2D eigenvalue weighted by Crippen LogP contribution is 2.06. The molecule has 0 aliphatic rings. The first kappa shape index (κ1) is 22.1. The van der Waals surface area contributed by atoms with Gasteiger partial charge in [0.1, 0.15) is 6.04 Å². The van der Waals surface area contributed by atoms with Gasteiger partial charge in [-0.1, -0.05) is 30.3 Å². The molecule has 0 unspecified atom stereocenters. The number of aliphatic carboxylic acids is 1. The lowest BCUT2D eigenvalue weighted by atomic mass is 10.0. The van der Waals surface area contributed by atoms with Gasteiger partial charge in [0.15, 0.2) is 6.04 Å². The summed E-state index contributed by atoms with van der Waals surface area (Å²) in [5.74, 6) is -2.68. The summed E-state index contributed by atoms with van der Waals surface area (Å²) >= 11 is 0. The van der Waals surface area contributed by atoms with E-state index in [9.17, 15) is 24.6 Å². The monoisotopic (exact) mass is 403 g/mol. The molecule has 0 fully saturated rings. The van der Waals surface area contributed by atoms with Gasteiger partial charge in [0.05, 0.1) is 18.5 Å². The Balaban J connectivity index is 2.12. The maximum absolute atomic E-state index is 12.7. The minimum Gasteiger partial charge on any atom is -0.480 e. The van der Waals surface area contributed by atoms with Crippen molar-refractivity contribution in [2.45, 2.75) is 44.0 Å². The van der Waals surface area contributed by atoms with E-state index in [1.807, 2.05) is 6.07 Å². The first-order chi connectivity index (χ1) is 13.8. The number of benzene rings is 1. The first-order valence-corrected chi connectivity index (χ1v) is 9.06. The summed E-state index contributed by atoms with van der Waals surface area (Å²) in [6.07, 6.45) is 2.01. The van der Waals surface area contributed by atoms with E-state index < -0.39 is 42.0 Å². The van der Waals surface area contributed by atoms with Crippen molar-refractivity contribution in [3.8, 4) is 0 Å². The second-order valence-electron chi connectivity index (χ2n) is 6.70. The van der Waals surface area contributed by atoms with Crippen LogP contribution < -0.4 is 16.4 Å². The molecule has 29 heavy (non-hydrogen) atoms. The number of hydrogen-bond acceptors (Lipinski definition) is 6. The second-order valence-corrected chi connectivity index (χ2v) is 6.70. The van der Waals surface area contributed by atoms with Crippen LogP contribution in [0.4, 0.5) is 0 Å². The number of aromatic amines is 1. The fourth-order valence-electron chi connectivity index (χ4n) is 2.71. The summed E-state index contributed by atoms with van der Waals surface area (Å²) in [7, 11) is 0. The molecule has 2 amide bonds. The Bertz CT molecular complexity index is 810. The number of carboxylic acids is 1. The number of aromatic nitrogens is 2. The van der Waals surface area contributed by atoms with Crippen LogP contribution in [0.2, 0.25) is 0 Å². The fraction of sp³-hybridized carbons (Fsp3) is 0.368. The van der Waals surface area contributed by atoms with Crippen LogP contribution in [-0.4, -0.2) is 62.2 Å². The van der Waals surface area contributed by atoms with Crippen LogP contribution in [0.15, 0.2) is 42.9 Å². The van der Waals surface area contributed by atoms with Crippen molar-refractivity contribution in [1.82, 2.24) is 20.6 Å². The highest BCUT2D eigenvalue weighted by Gasteiger charge is 2.30. The molecule has 1 aromatic heterocycles. The average molecular weight is 403 g/mol. The fourth-order valence-corrected chi connectivity index (χ4v) is 2.71. The lowest BCUT2D eigenvalue weighted by Crippen LogP contribution is -2.57. The van der Waals surface area contributed by atoms with E-state index >= 15 is 0 Å². The number of rotatable bonds is 10.